The Kier molecular flexibility index (Phi) is 6.20. The molecule has 0 unspecified atom stereocenters. The predicted octanol–water partition coefficient (Wildman–Crippen LogP) is 5.56. The lowest BCUT2D eigenvalue weighted by atomic mass is 10.0. The van der Waals surface area contributed by atoms with Crippen molar-refractivity contribution >= 4 is 28.7 Å². The first kappa shape index (κ1) is 19.1. The minimum Gasteiger partial charge on any atom is -0.326 e. The van der Waals surface area contributed by atoms with E-state index in [-0.39, 0.29) is 24.5 Å². The maximum atomic E-state index is 12.4. The Morgan fingerprint density at radius 3 is 2.33 bits per heavy atom. The van der Waals surface area contributed by atoms with Crippen molar-refractivity contribution < 1.29 is 9.59 Å². The highest BCUT2D eigenvalue weighted by molar-refractivity contribution is 7.12. The summed E-state index contributed by atoms with van der Waals surface area (Å²) in [5.41, 5.74) is 3.81. The maximum Gasteiger partial charge on any atom is 0.224 e. The summed E-state index contributed by atoms with van der Waals surface area (Å²) in [5, 5.41) is 2.97. The monoisotopic (exact) mass is 377 g/mol. The van der Waals surface area contributed by atoms with Gasteiger partial charge in [-0.3, -0.25) is 9.59 Å². The van der Waals surface area contributed by atoms with E-state index in [9.17, 15) is 9.59 Å². The minimum atomic E-state index is -0.131. The number of para-hydroxylation sites is 1. The van der Waals surface area contributed by atoms with Gasteiger partial charge in [0.05, 0.1) is 0 Å². The third kappa shape index (κ3) is 5.14. The molecule has 0 atom stereocenters. The summed E-state index contributed by atoms with van der Waals surface area (Å²) in [6.07, 6.45) is 1.17. The Morgan fingerprint density at radius 2 is 1.63 bits per heavy atom. The molecule has 0 aliphatic carbocycles. The molecule has 0 aliphatic heterocycles. The van der Waals surface area contributed by atoms with Crippen molar-refractivity contribution in [2.75, 3.05) is 5.32 Å². The van der Waals surface area contributed by atoms with Gasteiger partial charge >= 0.3 is 0 Å². The smallest absolute Gasteiger partial charge is 0.224 e. The van der Waals surface area contributed by atoms with E-state index in [0.29, 0.717) is 0 Å². The second-order valence-electron chi connectivity index (χ2n) is 6.62. The van der Waals surface area contributed by atoms with Gasteiger partial charge in [0, 0.05) is 33.8 Å². The molecule has 0 aliphatic rings. The van der Waals surface area contributed by atoms with E-state index < -0.39 is 0 Å². The quantitative estimate of drug-likeness (QED) is 0.548. The number of Topliss-reactive ketones (excluding diaryl/α,β-unsaturated/α-hetero) is 1. The minimum absolute atomic E-state index is 0.0320. The number of carbonyl (C=O) groups excluding carboxylic acids is 2. The standard InChI is InChI=1S/C23H23NO2S/c1-16-14-20(17(2)27-16)22(25)12-13-23(26)24-21-11-7-6-10-19(21)15-18-8-4-3-5-9-18/h3-11,14H,12-13,15H2,1-2H3,(H,24,26). The Morgan fingerprint density at radius 1 is 0.926 bits per heavy atom. The van der Waals surface area contributed by atoms with Crippen molar-refractivity contribution in [3.05, 3.63) is 87.1 Å². The number of nitrogens with one attached hydrogen (secondary N) is 1. The molecule has 138 valence electrons. The fraction of sp³-hybridized carbons (Fsp3) is 0.217. The van der Waals surface area contributed by atoms with Gasteiger partial charge in [-0.05, 0) is 43.5 Å². The van der Waals surface area contributed by atoms with Crippen LogP contribution in [0, 0.1) is 13.8 Å². The van der Waals surface area contributed by atoms with Crippen molar-refractivity contribution in [2.24, 2.45) is 0 Å². The fourth-order valence-electron chi connectivity index (χ4n) is 3.09. The van der Waals surface area contributed by atoms with Gasteiger partial charge in [0.25, 0.3) is 0 Å². The molecular weight excluding hydrogens is 354 g/mol. The van der Waals surface area contributed by atoms with Gasteiger partial charge in [-0.1, -0.05) is 48.5 Å². The van der Waals surface area contributed by atoms with Crippen LogP contribution in [0.3, 0.4) is 0 Å². The van der Waals surface area contributed by atoms with Crippen molar-refractivity contribution in [3.63, 3.8) is 0 Å². The van der Waals surface area contributed by atoms with E-state index in [1.165, 1.54) is 5.56 Å². The van der Waals surface area contributed by atoms with Crippen LogP contribution in [0.5, 0.6) is 0 Å². The van der Waals surface area contributed by atoms with Crippen molar-refractivity contribution in [1.82, 2.24) is 0 Å². The number of ketones is 1. The van der Waals surface area contributed by atoms with Crippen LogP contribution < -0.4 is 5.32 Å². The molecule has 0 bridgehead atoms. The van der Waals surface area contributed by atoms with Gasteiger partial charge in [0.15, 0.2) is 5.78 Å². The molecule has 3 nitrogen and oxygen atoms in total. The average molecular weight is 378 g/mol. The zero-order valence-electron chi connectivity index (χ0n) is 15.6. The van der Waals surface area contributed by atoms with Crippen LogP contribution in [-0.2, 0) is 11.2 Å². The molecular formula is C23H23NO2S. The van der Waals surface area contributed by atoms with E-state index >= 15 is 0 Å². The first-order valence-electron chi connectivity index (χ1n) is 9.05. The lowest BCUT2D eigenvalue weighted by Gasteiger charge is -2.11. The van der Waals surface area contributed by atoms with Crippen molar-refractivity contribution in [2.45, 2.75) is 33.1 Å². The van der Waals surface area contributed by atoms with E-state index in [1.54, 1.807) is 11.3 Å². The second kappa shape index (κ2) is 8.78. The van der Waals surface area contributed by atoms with Crippen LogP contribution in [0.15, 0.2) is 60.7 Å². The summed E-state index contributed by atoms with van der Waals surface area (Å²) in [5.74, 6) is -0.0990. The number of thiophene rings is 1. The third-order valence-corrected chi connectivity index (χ3v) is 5.42. The van der Waals surface area contributed by atoms with Gasteiger partial charge in [-0.2, -0.15) is 0 Å². The molecule has 3 rings (SSSR count). The average Bonchev–Trinajstić information content (AvgIpc) is 3.00. The molecule has 1 amide bonds. The first-order chi connectivity index (χ1) is 13.0. The van der Waals surface area contributed by atoms with Gasteiger partial charge in [-0.25, -0.2) is 0 Å². The molecule has 1 aromatic heterocycles. The van der Waals surface area contributed by atoms with Crippen LogP contribution in [0.25, 0.3) is 0 Å². The topological polar surface area (TPSA) is 46.2 Å². The summed E-state index contributed by atoms with van der Waals surface area (Å²) in [6.45, 7) is 3.94. The summed E-state index contributed by atoms with van der Waals surface area (Å²) < 4.78 is 0. The SMILES string of the molecule is Cc1cc(C(=O)CCC(=O)Nc2ccccc2Cc2ccccc2)c(C)s1. The summed E-state index contributed by atoms with van der Waals surface area (Å²) in [7, 11) is 0. The number of hydrogen-bond acceptors (Lipinski definition) is 3. The molecule has 0 saturated heterocycles. The number of amides is 1. The third-order valence-electron chi connectivity index (χ3n) is 4.45. The second-order valence-corrected chi connectivity index (χ2v) is 8.08. The van der Waals surface area contributed by atoms with Gasteiger partial charge in [0.1, 0.15) is 0 Å². The number of aryl methyl sites for hydroxylation is 2. The fourth-order valence-corrected chi connectivity index (χ4v) is 4.04. The van der Waals surface area contributed by atoms with E-state index in [1.807, 2.05) is 62.4 Å². The van der Waals surface area contributed by atoms with E-state index in [4.69, 9.17) is 0 Å². The highest BCUT2D eigenvalue weighted by Crippen LogP contribution is 2.23. The van der Waals surface area contributed by atoms with Crippen molar-refractivity contribution in [3.8, 4) is 0 Å². The van der Waals surface area contributed by atoms with Crippen LogP contribution in [0.2, 0.25) is 0 Å². The molecule has 2 aromatic carbocycles. The zero-order valence-corrected chi connectivity index (χ0v) is 16.4. The zero-order chi connectivity index (χ0) is 19.2. The van der Waals surface area contributed by atoms with Crippen LogP contribution in [0.4, 0.5) is 5.69 Å². The summed E-state index contributed by atoms with van der Waals surface area (Å²) in [4.78, 5) is 26.9. The summed E-state index contributed by atoms with van der Waals surface area (Å²) in [6, 6.07) is 19.9. The highest BCUT2D eigenvalue weighted by atomic mass is 32.1. The summed E-state index contributed by atoms with van der Waals surface area (Å²) >= 11 is 1.62. The van der Waals surface area contributed by atoms with Crippen LogP contribution in [0.1, 0.15) is 44.1 Å². The number of carbonyl (C=O) groups is 2. The normalized spacial score (nSPS) is 10.6. The predicted molar refractivity (Wildman–Crippen MR) is 112 cm³/mol. The molecule has 3 aromatic rings. The Hall–Kier alpha value is -2.72. The number of anilines is 1. The van der Waals surface area contributed by atoms with Crippen LogP contribution >= 0.6 is 11.3 Å². The van der Waals surface area contributed by atoms with Crippen LogP contribution in [-0.4, -0.2) is 11.7 Å². The molecule has 4 heteroatoms. The van der Waals surface area contributed by atoms with Gasteiger partial charge in [0.2, 0.25) is 5.91 Å². The molecule has 0 fully saturated rings. The largest absolute Gasteiger partial charge is 0.326 e. The van der Waals surface area contributed by atoms with Gasteiger partial charge in [-0.15, -0.1) is 11.3 Å². The lowest BCUT2D eigenvalue weighted by Crippen LogP contribution is -2.15. The molecule has 0 radical (unpaired) electrons. The highest BCUT2D eigenvalue weighted by Gasteiger charge is 2.14. The van der Waals surface area contributed by atoms with Gasteiger partial charge < -0.3 is 5.32 Å². The molecule has 0 spiro atoms. The lowest BCUT2D eigenvalue weighted by molar-refractivity contribution is -0.116. The number of rotatable bonds is 7. The Labute approximate surface area is 164 Å². The van der Waals surface area contributed by atoms with E-state index in [0.717, 1.165) is 33.0 Å². The molecule has 1 N–H and O–H groups in total. The first-order valence-corrected chi connectivity index (χ1v) is 9.86. The molecule has 1 heterocycles. The number of benzene rings is 2. The Bertz CT molecular complexity index is 944. The van der Waals surface area contributed by atoms with Crippen molar-refractivity contribution in [1.29, 1.82) is 0 Å². The Balaban J connectivity index is 1.61. The molecule has 0 saturated carbocycles. The molecule has 27 heavy (non-hydrogen) atoms. The number of hydrogen-bond donors (Lipinski definition) is 1. The van der Waals surface area contributed by atoms with E-state index in [2.05, 4.69) is 17.4 Å². The maximum absolute atomic E-state index is 12.4.